The molecule has 0 saturated carbocycles. The van der Waals surface area contributed by atoms with Crippen LogP contribution < -0.4 is 4.74 Å². The van der Waals surface area contributed by atoms with Crippen molar-refractivity contribution in [2.75, 3.05) is 0 Å². The van der Waals surface area contributed by atoms with Gasteiger partial charge < -0.3 is 9.47 Å². The van der Waals surface area contributed by atoms with Crippen LogP contribution in [-0.4, -0.2) is 32.3 Å². The second kappa shape index (κ2) is 7.92. The van der Waals surface area contributed by atoms with Gasteiger partial charge in [-0.3, -0.25) is 0 Å². The largest absolute Gasteiger partial charge is 0.479 e. The normalized spacial score (nSPS) is 12.0. The number of benzene rings is 1. The van der Waals surface area contributed by atoms with Crippen molar-refractivity contribution >= 4 is 17.6 Å². The lowest BCUT2D eigenvalue weighted by atomic mass is 10.2. The van der Waals surface area contributed by atoms with Crippen LogP contribution in [0.2, 0.25) is 5.02 Å². The van der Waals surface area contributed by atoms with Gasteiger partial charge in [0.15, 0.2) is 18.5 Å². The molecule has 2 aromatic rings. The van der Waals surface area contributed by atoms with Gasteiger partial charge in [0.25, 0.3) is 0 Å². The zero-order valence-electron chi connectivity index (χ0n) is 13.3. The summed E-state index contributed by atoms with van der Waals surface area (Å²) in [7, 11) is 0. The molecule has 0 radical (unpaired) electrons. The minimum absolute atomic E-state index is 0.0130. The maximum Gasteiger partial charge on any atom is 0.347 e. The third-order valence-electron chi connectivity index (χ3n) is 3.16. The number of nitrogens with zero attached hydrogens (tertiary/aromatic N) is 4. The van der Waals surface area contributed by atoms with Crippen LogP contribution >= 0.6 is 11.6 Å². The van der Waals surface area contributed by atoms with Crippen LogP contribution in [0.25, 0.3) is 0 Å². The van der Waals surface area contributed by atoms with Gasteiger partial charge in [-0.25, -0.2) is 9.48 Å². The number of aromatic nitrogens is 4. The molecule has 2 rings (SSSR count). The summed E-state index contributed by atoms with van der Waals surface area (Å²) in [5.74, 6) is 0.620. The molecule has 0 aliphatic carbocycles. The summed E-state index contributed by atoms with van der Waals surface area (Å²) in [5, 5.41) is 11.9. The number of hydrogen-bond donors (Lipinski definition) is 0. The van der Waals surface area contributed by atoms with E-state index in [1.165, 1.54) is 0 Å². The van der Waals surface area contributed by atoms with Crippen LogP contribution in [-0.2, 0) is 22.7 Å². The van der Waals surface area contributed by atoms with Crippen molar-refractivity contribution in [2.24, 2.45) is 0 Å². The highest BCUT2D eigenvalue weighted by atomic mass is 35.5. The Morgan fingerprint density at radius 2 is 2.22 bits per heavy atom. The SMILES string of the molecule is CCCn1nnnc1COC(=O)C(C)Oc1ccc(Cl)cc1C. The first kappa shape index (κ1) is 17.2. The first-order chi connectivity index (χ1) is 11.0. The van der Waals surface area contributed by atoms with E-state index in [0.29, 0.717) is 23.1 Å². The van der Waals surface area contributed by atoms with Gasteiger partial charge in [-0.2, -0.15) is 0 Å². The van der Waals surface area contributed by atoms with E-state index in [2.05, 4.69) is 15.5 Å². The lowest BCUT2D eigenvalue weighted by Gasteiger charge is -2.15. The molecule has 1 atom stereocenters. The fraction of sp³-hybridized carbons (Fsp3) is 0.467. The smallest absolute Gasteiger partial charge is 0.347 e. The van der Waals surface area contributed by atoms with Gasteiger partial charge in [-0.15, -0.1) is 5.10 Å². The second-order valence-electron chi connectivity index (χ2n) is 5.10. The third-order valence-corrected chi connectivity index (χ3v) is 3.39. The van der Waals surface area contributed by atoms with Crippen molar-refractivity contribution in [3.8, 4) is 5.75 Å². The number of esters is 1. The number of halogens is 1. The van der Waals surface area contributed by atoms with Crippen LogP contribution in [0.1, 0.15) is 31.7 Å². The standard InChI is InChI=1S/C15H19ClN4O3/c1-4-7-20-14(17-18-19-20)9-22-15(21)11(3)23-13-6-5-12(16)8-10(13)2/h5-6,8,11H,4,7,9H2,1-3H3. The summed E-state index contributed by atoms with van der Waals surface area (Å²) in [6.07, 6.45) is 0.145. The molecule has 0 N–H and O–H groups in total. The first-order valence-corrected chi connectivity index (χ1v) is 7.73. The minimum Gasteiger partial charge on any atom is -0.479 e. The second-order valence-corrected chi connectivity index (χ2v) is 5.53. The molecule has 0 aliphatic rings. The highest BCUT2D eigenvalue weighted by Gasteiger charge is 2.19. The maximum atomic E-state index is 12.0. The Morgan fingerprint density at radius 3 is 2.91 bits per heavy atom. The van der Waals surface area contributed by atoms with Crippen LogP contribution in [0.3, 0.4) is 0 Å². The number of rotatable bonds is 7. The van der Waals surface area contributed by atoms with Gasteiger partial charge in [-0.05, 0) is 54.5 Å². The molecular formula is C15H19ClN4O3. The number of carbonyl (C=O) groups excluding carboxylic acids is 1. The quantitative estimate of drug-likeness (QED) is 0.722. The average molecular weight is 339 g/mol. The van der Waals surface area contributed by atoms with Crippen molar-refractivity contribution in [2.45, 2.75) is 46.4 Å². The van der Waals surface area contributed by atoms with Crippen molar-refractivity contribution in [3.63, 3.8) is 0 Å². The Balaban J connectivity index is 1.91. The molecule has 0 fully saturated rings. The Kier molecular flexibility index (Phi) is 5.92. The average Bonchev–Trinajstić information content (AvgIpc) is 2.95. The number of carbonyl (C=O) groups is 1. The number of aryl methyl sites for hydroxylation is 2. The molecule has 1 heterocycles. The predicted octanol–water partition coefficient (Wildman–Crippen LogP) is 2.56. The molecule has 1 aromatic heterocycles. The molecule has 23 heavy (non-hydrogen) atoms. The highest BCUT2D eigenvalue weighted by molar-refractivity contribution is 6.30. The molecule has 1 unspecified atom stereocenters. The van der Waals surface area contributed by atoms with Crippen LogP contribution in [0.5, 0.6) is 5.75 Å². The Bertz CT molecular complexity index is 674. The van der Waals surface area contributed by atoms with E-state index in [0.717, 1.165) is 12.0 Å². The van der Waals surface area contributed by atoms with Crippen molar-refractivity contribution in [1.29, 1.82) is 0 Å². The molecule has 0 aliphatic heterocycles. The third kappa shape index (κ3) is 4.66. The van der Waals surface area contributed by atoms with Crippen molar-refractivity contribution in [1.82, 2.24) is 20.2 Å². The fourth-order valence-corrected chi connectivity index (χ4v) is 2.18. The molecule has 0 saturated heterocycles. The summed E-state index contributed by atoms with van der Waals surface area (Å²) in [5.41, 5.74) is 0.851. The number of tetrazole rings is 1. The molecule has 8 heteroatoms. The molecule has 0 bridgehead atoms. The topological polar surface area (TPSA) is 79.1 Å². The summed E-state index contributed by atoms with van der Waals surface area (Å²) in [6.45, 7) is 6.19. The monoisotopic (exact) mass is 338 g/mol. The van der Waals surface area contributed by atoms with Gasteiger partial charge in [0.2, 0.25) is 0 Å². The Hall–Kier alpha value is -2.15. The van der Waals surface area contributed by atoms with Gasteiger partial charge in [-0.1, -0.05) is 18.5 Å². The summed E-state index contributed by atoms with van der Waals surface area (Å²) in [4.78, 5) is 12.0. The van der Waals surface area contributed by atoms with Crippen LogP contribution in [0, 0.1) is 6.92 Å². The van der Waals surface area contributed by atoms with Crippen LogP contribution in [0.4, 0.5) is 0 Å². The minimum atomic E-state index is -0.745. The van der Waals surface area contributed by atoms with Gasteiger partial charge >= 0.3 is 5.97 Å². The highest BCUT2D eigenvalue weighted by Crippen LogP contribution is 2.23. The zero-order chi connectivity index (χ0) is 16.8. The zero-order valence-corrected chi connectivity index (χ0v) is 14.1. The molecule has 0 spiro atoms. The molecule has 124 valence electrons. The Morgan fingerprint density at radius 1 is 1.43 bits per heavy atom. The van der Waals surface area contributed by atoms with E-state index in [4.69, 9.17) is 21.1 Å². The Labute approximate surface area is 139 Å². The lowest BCUT2D eigenvalue weighted by molar-refractivity contribution is -0.152. The van der Waals surface area contributed by atoms with Crippen molar-refractivity contribution < 1.29 is 14.3 Å². The van der Waals surface area contributed by atoms with Gasteiger partial charge in [0, 0.05) is 11.6 Å². The van der Waals surface area contributed by atoms with E-state index >= 15 is 0 Å². The van der Waals surface area contributed by atoms with E-state index in [1.807, 2.05) is 13.8 Å². The molecular weight excluding hydrogens is 320 g/mol. The summed E-state index contributed by atoms with van der Waals surface area (Å²) in [6, 6.07) is 5.21. The summed E-state index contributed by atoms with van der Waals surface area (Å²) < 4.78 is 12.4. The van der Waals surface area contributed by atoms with E-state index < -0.39 is 12.1 Å². The number of ether oxygens (including phenoxy) is 2. The van der Waals surface area contributed by atoms with E-state index in [1.54, 1.807) is 29.8 Å². The van der Waals surface area contributed by atoms with E-state index in [-0.39, 0.29) is 6.61 Å². The van der Waals surface area contributed by atoms with Gasteiger partial charge in [0.05, 0.1) is 0 Å². The predicted molar refractivity (Wildman–Crippen MR) is 84.2 cm³/mol. The molecule has 7 nitrogen and oxygen atoms in total. The lowest BCUT2D eigenvalue weighted by Crippen LogP contribution is -2.26. The first-order valence-electron chi connectivity index (χ1n) is 7.35. The molecule has 1 aromatic carbocycles. The van der Waals surface area contributed by atoms with Gasteiger partial charge in [0.1, 0.15) is 5.75 Å². The summed E-state index contributed by atoms with van der Waals surface area (Å²) >= 11 is 5.90. The number of hydrogen-bond acceptors (Lipinski definition) is 6. The van der Waals surface area contributed by atoms with Crippen molar-refractivity contribution in [3.05, 3.63) is 34.6 Å². The maximum absolute atomic E-state index is 12.0. The van der Waals surface area contributed by atoms with E-state index in [9.17, 15) is 4.79 Å². The fourth-order valence-electron chi connectivity index (χ4n) is 1.95. The molecule has 0 amide bonds. The van der Waals surface area contributed by atoms with Crippen LogP contribution in [0.15, 0.2) is 18.2 Å².